The van der Waals surface area contributed by atoms with Crippen LogP contribution in [0.5, 0.6) is 0 Å². The van der Waals surface area contributed by atoms with Crippen molar-refractivity contribution in [2.75, 3.05) is 5.32 Å². The van der Waals surface area contributed by atoms with E-state index < -0.39 is 0 Å². The summed E-state index contributed by atoms with van der Waals surface area (Å²) in [4.78, 5) is 9.51. The zero-order chi connectivity index (χ0) is 17.3. The monoisotopic (exact) mass is 337 g/mol. The lowest BCUT2D eigenvalue weighted by Gasteiger charge is -2.11. The van der Waals surface area contributed by atoms with Crippen molar-refractivity contribution in [3.8, 4) is 11.4 Å². The van der Waals surface area contributed by atoms with Crippen LogP contribution in [0.4, 0.5) is 11.5 Å². The maximum Gasteiger partial charge on any atom is 0.162 e. The molecule has 2 heterocycles. The normalized spacial score (nSPS) is 11.1. The molecule has 5 heteroatoms. The van der Waals surface area contributed by atoms with E-state index in [1.807, 2.05) is 72.9 Å². The molecule has 5 aromatic rings. The van der Waals surface area contributed by atoms with Gasteiger partial charge in [-0.05, 0) is 30.3 Å². The maximum absolute atomic E-state index is 4.79. The molecule has 0 unspecified atom stereocenters. The Morgan fingerprint density at radius 2 is 1.65 bits per heavy atom. The summed E-state index contributed by atoms with van der Waals surface area (Å²) >= 11 is 0. The Bertz CT molecular complexity index is 1210. The number of H-pyrrole nitrogens is 1. The van der Waals surface area contributed by atoms with E-state index in [1.165, 1.54) is 0 Å². The van der Waals surface area contributed by atoms with Gasteiger partial charge in [0.25, 0.3) is 0 Å². The van der Waals surface area contributed by atoms with Gasteiger partial charge in [-0.15, -0.1) is 0 Å². The fraction of sp³-hybridized carbons (Fsp3) is 0. The number of rotatable bonds is 3. The Morgan fingerprint density at radius 1 is 0.808 bits per heavy atom. The molecule has 0 bridgehead atoms. The molecular formula is C21H15N5. The zero-order valence-electron chi connectivity index (χ0n) is 13.8. The second-order valence-electron chi connectivity index (χ2n) is 6.08. The number of nitrogens with one attached hydrogen (secondary N) is 2. The number of nitrogens with zero attached hydrogens (tertiary/aromatic N) is 3. The fourth-order valence-corrected chi connectivity index (χ4v) is 3.05. The van der Waals surface area contributed by atoms with Crippen molar-refractivity contribution in [3.05, 3.63) is 79.0 Å². The minimum Gasteiger partial charge on any atom is -0.340 e. The molecule has 26 heavy (non-hydrogen) atoms. The molecule has 0 fully saturated rings. The van der Waals surface area contributed by atoms with E-state index in [4.69, 9.17) is 9.97 Å². The Kier molecular flexibility index (Phi) is 3.35. The fourth-order valence-electron chi connectivity index (χ4n) is 3.05. The van der Waals surface area contributed by atoms with Crippen LogP contribution in [0.3, 0.4) is 0 Å². The first-order valence-corrected chi connectivity index (χ1v) is 8.39. The summed E-state index contributed by atoms with van der Waals surface area (Å²) < 4.78 is 0. The Balaban J connectivity index is 1.65. The average Bonchev–Trinajstić information content (AvgIpc) is 3.16. The summed E-state index contributed by atoms with van der Waals surface area (Å²) in [5.74, 6) is 1.49. The van der Waals surface area contributed by atoms with Gasteiger partial charge in [0.05, 0.1) is 17.2 Å². The molecule has 124 valence electrons. The van der Waals surface area contributed by atoms with Gasteiger partial charge in [-0.25, -0.2) is 9.97 Å². The van der Waals surface area contributed by atoms with E-state index in [1.54, 1.807) is 0 Å². The Morgan fingerprint density at radius 3 is 2.58 bits per heavy atom. The third-order valence-electron chi connectivity index (χ3n) is 4.34. The molecule has 0 saturated carbocycles. The molecule has 0 radical (unpaired) electrons. The SMILES string of the molecule is c1ccc(-c2nc(Nc3ccc4[nH]ncc4c3)c3ccccc3n2)cc1. The second kappa shape index (κ2) is 5.97. The first-order valence-electron chi connectivity index (χ1n) is 8.39. The van der Waals surface area contributed by atoms with Gasteiger partial charge in [-0.1, -0.05) is 42.5 Å². The summed E-state index contributed by atoms with van der Waals surface area (Å²) in [5, 5.41) is 12.5. The van der Waals surface area contributed by atoms with Crippen LogP contribution in [-0.2, 0) is 0 Å². The van der Waals surface area contributed by atoms with E-state index in [0.29, 0.717) is 5.82 Å². The van der Waals surface area contributed by atoms with Crippen molar-refractivity contribution in [2.24, 2.45) is 0 Å². The van der Waals surface area contributed by atoms with Crippen LogP contribution >= 0.6 is 0 Å². The molecule has 0 atom stereocenters. The van der Waals surface area contributed by atoms with Crippen LogP contribution in [0.25, 0.3) is 33.2 Å². The van der Waals surface area contributed by atoms with E-state index in [9.17, 15) is 0 Å². The molecule has 2 N–H and O–H groups in total. The van der Waals surface area contributed by atoms with E-state index in [-0.39, 0.29) is 0 Å². The minimum absolute atomic E-state index is 0.705. The van der Waals surface area contributed by atoms with Crippen LogP contribution in [0.2, 0.25) is 0 Å². The number of fused-ring (bicyclic) bond motifs is 2. The summed E-state index contributed by atoms with van der Waals surface area (Å²) in [6.45, 7) is 0. The average molecular weight is 337 g/mol. The molecule has 0 aliphatic rings. The molecule has 0 aliphatic heterocycles. The summed E-state index contributed by atoms with van der Waals surface area (Å²) in [6.07, 6.45) is 1.81. The summed E-state index contributed by atoms with van der Waals surface area (Å²) in [6, 6.07) is 24.1. The minimum atomic E-state index is 0.705. The molecule has 3 aromatic carbocycles. The smallest absolute Gasteiger partial charge is 0.162 e. The van der Waals surface area contributed by atoms with Crippen LogP contribution in [0.1, 0.15) is 0 Å². The van der Waals surface area contributed by atoms with E-state index in [0.717, 1.165) is 38.9 Å². The van der Waals surface area contributed by atoms with Crippen LogP contribution in [0, 0.1) is 0 Å². The number of hydrogen-bond acceptors (Lipinski definition) is 4. The number of hydrogen-bond donors (Lipinski definition) is 2. The molecular weight excluding hydrogens is 322 g/mol. The first kappa shape index (κ1) is 14.6. The number of benzene rings is 3. The second-order valence-corrected chi connectivity index (χ2v) is 6.08. The van der Waals surface area contributed by atoms with Gasteiger partial charge in [-0.3, -0.25) is 5.10 Å². The van der Waals surface area contributed by atoms with Gasteiger partial charge in [0.1, 0.15) is 5.82 Å². The molecule has 5 rings (SSSR count). The van der Waals surface area contributed by atoms with Gasteiger partial charge in [0.2, 0.25) is 0 Å². The summed E-state index contributed by atoms with van der Waals surface area (Å²) in [7, 11) is 0. The topological polar surface area (TPSA) is 66.5 Å². The van der Waals surface area contributed by atoms with Crippen molar-refractivity contribution in [2.45, 2.75) is 0 Å². The van der Waals surface area contributed by atoms with Gasteiger partial charge in [0.15, 0.2) is 5.82 Å². The lowest BCUT2D eigenvalue weighted by molar-refractivity contribution is 1.12. The number of aromatic nitrogens is 4. The maximum atomic E-state index is 4.79. The highest BCUT2D eigenvalue weighted by Crippen LogP contribution is 2.28. The van der Waals surface area contributed by atoms with Crippen molar-refractivity contribution < 1.29 is 0 Å². The number of anilines is 2. The van der Waals surface area contributed by atoms with Crippen molar-refractivity contribution in [1.29, 1.82) is 0 Å². The number of aromatic amines is 1. The molecule has 0 aliphatic carbocycles. The Hall–Kier alpha value is -3.73. The van der Waals surface area contributed by atoms with Crippen LogP contribution in [0.15, 0.2) is 79.0 Å². The lowest BCUT2D eigenvalue weighted by Crippen LogP contribution is -1.99. The highest BCUT2D eigenvalue weighted by atomic mass is 15.1. The molecule has 2 aromatic heterocycles. The van der Waals surface area contributed by atoms with Gasteiger partial charge >= 0.3 is 0 Å². The Labute approximate surface area is 149 Å². The molecule has 0 amide bonds. The largest absolute Gasteiger partial charge is 0.340 e. The van der Waals surface area contributed by atoms with Crippen LogP contribution < -0.4 is 5.32 Å². The van der Waals surface area contributed by atoms with E-state index >= 15 is 0 Å². The summed E-state index contributed by atoms with van der Waals surface area (Å²) in [5.41, 5.74) is 3.87. The van der Waals surface area contributed by atoms with Crippen LogP contribution in [-0.4, -0.2) is 20.2 Å². The lowest BCUT2D eigenvalue weighted by atomic mass is 10.1. The number of para-hydroxylation sites is 1. The van der Waals surface area contributed by atoms with Crippen molar-refractivity contribution in [1.82, 2.24) is 20.2 Å². The predicted octanol–water partition coefficient (Wildman–Crippen LogP) is 4.92. The highest BCUT2D eigenvalue weighted by molar-refractivity contribution is 5.93. The van der Waals surface area contributed by atoms with Gasteiger partial charge in [-0.2, -0.15) is 5.10 Å². The van der Waals surface area contributed by atoms with Gasteiger partial charge < -0.3 is 5.32 Å². The van der Waals surface area contributed by atoms with Crippen molar-refractivity contribution >= 4 is 33.3 Å². The standard InChI is InChI=1S/C21H15N5/c1-2-6-14(7-3-1)20-24-19-9-5-4-8-17(19)21(25-20)23-16-10-11-18-15(12-16)13-22-26-18/h1-13H,(H,22,26)(H,23,24,25). The van der Waals surface area contributed by atoms with Gasteiger partial charge in [0, 0.05) is 22.0 Å². The van der Waals surface area contributed by atoms with Crippen molar-refractivity contribution in [3.63, 3.8) is 0 Å². The molecule has 5 nitrogen and oxygen atoms in total. The zero-order valence-corrected chi connectivity index (χ0v) is 13.8. The highest BCUT2D eigenvalue weighted by Gasteiger charge is 2.10. The third kappa shape index (κ3) is 2.56. The molecule has 0 spiro atoms. The first-order chi connectivity index (χ1) is 12.9. The predicted molar refractivity (Wildman–Crippen MR) is 104 cm³/mol. The third-order valence-corrected chi connectivity index (χ3v) is 4.34. The van der Waals surface area contributed by atoms with E-state index in [2.05, 4.69) is 21.6 Å². The quantitative estimate of drug-likeness (QED) is 0.490. The molecule has 0 saturated heterocycles.